The summed E-state index contributed by atoms with van der Waals surface area (Å²) in [5, 5.41) is 16.0. The van der Waals surface area contributed by atoms with E-state index in [0.717, 1.165) is 0 Å². The van der Waals surface area contributed by atoms with Gasteiger partial charge in [0, 0.05) is 18.2 Å². The van der Waals surface area contributed by atoms with E-state index in [1.165, 1.54) is 26.3 Å². The molecule has 0 aliphatic carbocycles. The number of carbonyl (C=O) groups excluding carboxylic acids is 2. The lowest BCUT2D eigenvalue weighted by atomic mass is 10.2. The molecule has 2 amide bonds. The monoisotopic (exact) mass is 327 g/mol. The number of phenols is 1. The van der Waals surface area contributed by atoms with Crippen LogP contribution >= 0.6 is 0 Å². The van der Waals surface area contributed by atoms with E-state index in [0.29, 0.717) is 22.6 Å². The number of hydrogen-bond donors (Lipinski definition) is 3. The number of hydrazone groups is 1. The molecule has 24 heavy (non-hydrogen) atoms. The highest BCUT2D eigenvalue weighted by atomic mass is 16.5. The molecule has 7 heteroatoms. The fourth-order valence-corrected chi connectivity index (χ4v) is 1.95. The SMILES string of the molecule is COc1cc(C=NNC(=O)c2cccc(NC(C)=O)c2)ccc1O. The van der Waals surface area contributed by atoms with Gasteiger partial charge in [-0.05, 0) is 42.0 Å². The minimum Gasteiger partial charge on any atom is -0.504 e. The van der Waals surface area contributed by atoms with Gasteiger partial charge in [-0.2, -0.15) is 5.10 Å². The number of nitrogens with one attached hydrogen (secondary N) is 2. The molecule has 0 saturated carbocycles. The molecule has 124 valence electrons. The first-order chi connectivity index (χ1) is 11.5. The summed E-state index contributed by atoms with van der Waals surface area (Å²) in [6, 6.07) is 11.2. The van der Waals surface area contributed by atoms with Crippen LogP contribution in [0.1, 0.15) is 22.8 Å². The maximum Gasteiger partial charge on any atom is 0.271 e. The Morgan fingerprint density at radius 2 is 2.00 bits per heavy atom. The average molecular weight is 327 g/mol. The number of carbonyl (C=O) groups is 2. The Bertz CT molecular complexity index is 787. The topological polar surface area (TPSA) is 100 Å². The summed E-state index contributed by atoms with van der Waals surface area (Å²) in [6.45, 7) is 1.39. The number of aromatic hydroxyl groups is 1. The third-order valence-corrected chi connectivity index (χ3v) is 3.03. The molecular weight excluding hydrogens is 310 g/mol. The van der Waals surface area contributed by atoms with Crippen molar-refractivity contribution in [2.45, 2.75) is 6.92 Å². The smallest absolute Gasteiger partial charge is 0.271 e. The Morgan fingerprint density at radius 3 is 2.71 bits per heavy atom. The van der Waals surface area contributed by atoms with Gasteiger partial charge >= 0.3 is 0 Å². The first-order valence-electron chi connectivity index (χ1n) is 7.07. The predicted molar refractivity (Wildman–Crippen MR) is 90.5 cm³/mol. The van der Waals surface area contributed by atoms with E-state index in [9.17, 15) is 14.7 Å². The van der Waals surface area contributed by atoms with Gasteiger partial charge in [-0.25, -0.2) is 5.43 Å². The van der Waals surface area contributed by atoms with Crippen LogP contribution in [0.4, 0.5) is 5.69 Å². The third kappa shape index (κ3) is 4.57. The second kappa shape index (κ2) is 7.77. The molecule has 0 saturated heterocycles. The van der Waals surface area contributed by atoms with E-state index < -0.39 is 5.91 Å². The normalized spacial score (nSPS) is 10.4. The lowest BCUT2D eigenvalue weighted by Crippen LogP contribution is -2.18. The number of anilines is 1. The molecule has 0 aliphatic heterocycles. The van der Waals surface area contributed by atoms with Crippen LogP contribution in [0, 0.1) is 0 Å². The van der Waals surface area contributed by atoms with E-state index in [1.54, 1.807) is 36.4 Å². The van der Waals surface area contributed by atoms with Crippen molar-refractivity contribution in [1.29, 1.82) is 0 Å². The third-order valence-electron chi connectivity index (χ3n) is 3.03. The number of nitrogens with zero attached hydrogens (tertiary/aromatic N) is 1. The van der Waals surface area contributed by atoms with Crippen LogP contribution in [-0.4, -0.2) is 30.2 Å². The molecule has 0 bridgehead atoms. The molecule has 0 fully saturated rings. The quantitative estimate of drug-likeness (QED) is 0.578. The molecule has 2 aromatic carbocycles. The van der Waals surface area contributed by atoms with Gasteiger partial charge in [-0.15, -0.1) is 0 Å². The second-order valence-electron chi connectivity index (χ2n) is 4.89. The van der Waals surface area contributed by atoms with Crippen molar-refractivity contribution in [3.8, 4) is 11.5 Å². The number of methoxy groups -OCH3 is 1. The van der Waals surface area contributed by atoms with Gasteiger partial charge in [0.25, 0.3) is 5.91 Å². The molecule has 0 heterocycles. The van der Waals surface area contributed by atoms with Crippen molar-refractivity contribution < 1.29 is 19.4 Å². The maximum atomic E-state index is 12.0. The molecule has 0 atom stereocenters. The second-order valence-corrected chi connectivity index (χ2v) is 4.89. The van der Waals surface area contributed by atoms with Crippen LogP contribution in [0.3, 0.4) is 0 Å². The minimum atomic E-state index is -0.413. The number of phenolic OH excluding ortho intramolecular Hbond substituents is 1. The number of benzene rings is 2. The standard InChI is InChI=1S/C17H17N3O4/c1-11(21)19-14-5-3-4-13(9-14)17(23)20-18-10-12-6-7-15(22)16(8-12)24-2/h3-10,22H,1-2H3,(H,19,21)(H,20,23). The molecule has 7 nitrogen and oxygen atoms in total. The van der Waals surface area contributed by atoms with E-state index in [2.05, 4.69) is 15.8 Å². The summed E-state index contributed by atoms with van der Waals surface area (Å²) in [5.74, 6) is -0.294. The zero-order chi connectivity index (χ0) is 17.5. The van der Waals surface area contributed by atoms with Crippen LogP contribution in [0.2, 0.25) is 0 Å². The van der Waals surface area contributed by atoms with Crippen LogP contribution in [0.5, 0.6) is 11.5 Å². The lowest BCUT2D eigenvalue weighted by Gasteiger charge is -2.05. The van der Waals surface area contributed by atoms with E-state index >= 15 is 0 Å². The fourth-order valence-electron chi connectivity index (χ4n) is 1.95. The summed E-state index contributed by atoms with van der Waals surface area (Å²) >= 11 is 0. The molecule has 2 rings (SSSR count). The van der Waals surface area contributed by atoms with E-state index in [-0.39, 0.29) is 11.7 Å². The molecular formula is C17H17N3O4. The summed E-state index contributed by atoms with van der Waals surface area (Å²) in [6.07, 6.45) is 1.43. The van der Waals surface area contributed by atoms with Gasteiger partial charge in [-0.3, -0.25) is 9.59 Å². The summed E-state index contributed by atoms with van der Waals surface area (Å²) in [4.78, 5) is 23.1. The van der Waals surface area contributed by atoms with Crippen LogP contribution in [0.25, 0.3) is 0 Å². The Kier molecular flexibility index (Phi) is 5.51. The Morgan fingerprint density at radius 1 is 1.21 bits per heavy atom. The van der Waals surface area contributed by atoms with Crippen molar-refractivity contribution in [1.82, 2.24) is 5.43 Å². The predicted octanol–water partition coefficient (Wildman–Crippen LogP) is 2.12. The van der Waals surface area contributed by atoms with Gasteiger partial charge < -0.3 is 15.2 Å². The highest BCUT2D eigenvalue weighted by Crippen LogP contribution is 2.25. The molecule has 0 aromatic heterocycles. The highest BCUT2D eigenvalue weighted by Gasteiger charge is 2.06. The van der Waals surface area contributed by atoms with Gasteiger partial charge in [-0.1, -0.05) is 6.07 Å². The Hall–Kier alpha value is -3.35. The minimum absolute atomic E-state index is 0.0217. The molecule has 0 unspecified atom stereocenters. The van der Waals surface area contributed by atoms with Crippen molar-refractivity contribution in [3.63, 3.8) is 0 Å². The molecule has 0 radical (unpaired) electrons. The summed E-state index contributed by atoms with van der Waals surface area (Å²) in [7, 11) is 1.44. The van der Waals surface area contributed by atoms with Gasteiger partial charge in [0.2, 0.25) is 5.91 Å². The number of rotatable bonds is 5. The van der Waals surface area contributed by atoms with Crippen LogP contribution < -0.4 is 15.5 Å². The average Bonchev–Trinajstić information content (AvgIpc) is 2.56. The van der Waals surface area contributed by atoms with Crippen molar-refractivity contribution in [2.75, 3.05) is 12.4 Å². The molecule has 0 aliphatic rings. The van der Waals surface area contributed by atoms with Gasteiger partial charge in [0.1, 0.15) is 0 Å². The number of ether oxygens (including phenoxy) is 1. The van der Waals surface area contributed by atoms with E-state index in [4.69, 9.17) is 4.74 Å². The largest absolute Gasteiger partial charge is 0.504 e. The Labute approximate surface area is 139 Å². The zero-order valence-corrected chi connectivity index (χ0v) is 13.2. The van der Waals surface area contributed by atoms with Crippen molar-refractivity contribution >= 4 is 23.7 Å². The molecule has 2 aromatic rings. The van der Waals surface area contributed by atoms with Gasteiger partial charge in [0.05, 0.1) is 13.3 Å². The highest BCUT2D eigenvalue weighted by molar-refractivity contribution is 5.97. The molecule has 3 N–H and O–H groups in total. The summed E-state index contributed by atoms with van der Waals surface area (Å²) < 4.78 is 4.99. The first kappa shape index (κ1) is 17.0. The Balaban J connectivity index is 2.03. The number of amides is 2. The zero-order valence-electron chi connectivity index (χ0n) is 13.2. The lowest BCUT2D eigenvalue weighted by molar-refractivity contribution is -0.114. The maximum absolute atomic E-state index is 12.0. The molecule has 0 spiro atoms. The summed E-state index contributed by atoms with van der Waals surface area (Å²) in [5.41, 5.74) is 3.94. The number of hydrogen-bond acceptors (Lipinski definition) is 5. The van der Waals surface area contributed by atoms with Crippen molar-refractivity contribution in [2.24, 2.45) is 5.10 Å². The first-order valence-corrected chi connectivity index (χ1v) is 7.07. The fraction of sp³-hybridized carbons (Fsp3) is 0.118. The van der Waals surface area contributed by atoms with Crippen LogP contribution in [-0.2, 0) is 4.79 Å². The van der Waals surface area contributed by atoms with Crippen LogP contribution in [0.15, 0.2) is 47.6 Å². The van der Waals surface area contributed by atoms with Crippen molar-refractivity contribution in [3.05, 3.63) is 53.6 Å². The van der Waals surface area contributed by atoms with E-state index in [1.807, 2.05) is 0 Å². The van der Waals surface area contributed by atoms with Gasteiger partial charge in [0.15, 0.2) is 11.5 Å².